The minimum atomic E-state index is 0.776. The molecule has 1 heterocycles. The predicted octanol–water partition coefficient (Wildman–Crippen LogP) is 1.79. The Morgan fingerprint density at radius 3 is 2.67 bits per heavy atom. The fraction of sp³-hybridized carbons (Fsp3) is 1.00. The third-order valence-corrected chi connectivity index (χ3v) is 4.59. The standard InChI is InChI=1S/C15H31N3/c1-17(2)10-6-11-18-12-9-16-15(13-18)14-7-4-3-5-8-14/h14-16H,3-13H2,1-2H3. The van der Waals surface area contributed by atoms with E-state index >= 15 is 0 Å². The van der Waals surface area contributed by atoms with Crippen molar-refractivity contribution in [2.75, 3.05) is 46.8 Å². The van der Waals surface area contributed by atoms with Crippen LogP contribution < -0.4 is 5.32 Å². The smallest absolute Gasteiger partial charge is 0.0223 e. The molecular weight excluding hydrogens is 222 g/mol. The first-order valence-corrected chi connectivity index (χ1v) is 7.86. The molecular formula is C15H31N3. The van der Waals surface area contributed by atoms with Crippen molar-refractivity contribution in [1.82, 2.24) is 15.1 Å². The van der Waals surface area contributed by atoms with Crippen LogP contribution in [0.4, 0.5) is 0 Å². The summed E-state index contributed by atoms with van der Waals surface area (Å²) in [6.07, 6.45) is 8.62. The number of rotatable bonds is 5. The number of nitrogens with one attached hydrogen (secondary N) is 1. The molecule has 2 rings (SSSR count). The highest BCUT2D eigenvalue weighted by Gasteiger charge is 2.27. The molecule has 2 fully saturated rings. The Bertz CT molecular complexity index is 224. The molecule has 3 heteroatoms. The minimum Gasteiger partial charge on any atom is -0.311 e. The van der Waals surface area contributed by atoms with E-state index in [1.807, 2.05) is 0 Å². The van der Waals surface area contributed by atoms with Crippen molar-refractivity contribution in [3.63, 3.8) is 0 Å². The molecule has 0 amide bonds. The van der Waals surface area contributed by atoms with Crippen molar-refractivity contribution in [2.45, 2.75) is 44.6 Å². The van der Waals surface area contributed by atoms with Gasteiger partial charge in [0.15, 0.2) is 0 Å². The van der Waals surface area contributed by atoms with Crippen LogP contribution in [0.5, 0.6) is 0 Å². The third kappa shape index (κ3) is 4.52. The molecule has 0 radical (unpaired) electrons. The molecule has 1 saturated heterocycles. The highest BCUT2D eigenvalue weighted by molar-refractivity contribution is 4.85. The van der Waals surface area contributed by atoms with Crippen LogP contribution in [0.1, 0.15) is 38.5 Å². The lowest BCUT2D eigenvalue weighted by molar-refractivity contribution is 0.142. The second-order valence-electron chi connectivity index (χ2n) is 6.42. The van der Waals surface area contributed by atoms with Crippen molar-refractivity contribution >= 4 is 0 Å². The van der Waals surface area contributed by atoms with E-state index in [1.165, 1.54) is 71.2 Å². The number of nitrogens with zero attached hydrogens (tertiary/aromatic N) is 2. The Morgan fingerprint density at radius 1 is 1.17 bits per heavy atom. The van der Waals surface area contributed by atoms with Gasteiger partial charge in [-0.15, -0.1) is 0 Å². The van der Waals surface area contributed by atoms with Crippen LogP contribution in [0, 0.1) is 5.92 Å². The molecule has 1 aliphatic carbocycles. The minimum absolute atomic E-state index is 0.776. The summed E-state index contributed by atoms with van der Waals surface area (Å²) in [5.74, 6) is 0.954. The predicted molar refractivity (Wildman–Crippen MR) is 78.0 cm³/mol. The van der Waals surface area contributed by atoms with Gasteiger partial charge in [-0.25, -0.2) is 0 Å². The van der Waals surface area contributed by atoms with Crippen molar-refractivity contribution in [1.29, 1.82) is 0 Å². The maximum atomic E-state index is 3.77. The number of hydrogen-bond acceptors (Lipinski definition) is 3. The second kappa shape index (κ2) is 7.46. The zero-order chi connectivity index (χ0) is 12.8. The zero-order valence-corrected chi connectivity index (χ0v) is 12.3. The SMILES string of the molecule is CN(C)CCCN1CCNC(C2CCCCC2)C1. The Balaban J connectivity index is 1.70. The normalized spacial score (nSPS) is 27.8. The van der Waals surface area contributed by atoms with Crippen LogP contribution in [0.2, 0.25) is 0 Å². The summed E-state index contributed by atoms with van der Waals surface area (Å²) in [4.78, 5) is 4.97. The van der Waals surface area contributed by atoms with Crippen molar-refractivity contribution < 1.29 is 0 Å². The summed E-state index contributed by atoms with van der Waals surface area (Å²) in [5.41, 5.74) is 0. The lowest BCUT2D eigenvalue weighted by atomic mass is 9.83. The van der Waals surface area contributed by atoms with Crippen LogP contribution >= 0.6 is 0 Å². The summed E-state index contributed by atoms with van der Waals surface area (Å²) in [6, 6.07) is 0.776. The molecule has 106 valence electrons. The molecule has 1 unspecified atom stereocenters. The van der Waals surface area contributed by atoms with E-state index in [-0.39, 0.29) is 0 Å². The van der Waals surface area contributed by atoms with E-state index in [0.717, 1.165) is 12.0 Å². The van der Waals surface area contributed by atoms with E-state index in [0.29, 0.717) is 0 Å². The molecule has 18 heavy (non-hydrogen) atoms. The van der Waals surface area contributed by atoms with E-state index < -0.39 is 0 Å². The van der Waals surface area contributed by atoms with E-state index in [4.69, 9.17) is 0 Å². The van der Waals surface area contributed by atoms with Gasteiger partial charge in [0.25, 0.3) is 0 Å². The molecule has 1 aliphatic heterocycles. The van der Waals surface area contributed by atoms with E-state index in [1.54, 1.807) is 0 Å². The summed E-state index contributed by atoms with van der Waals surface area (Å²) >= 11 is 0. The molecule has 3 nitrogen and oxygen atoms in total. The molecule has 0 bridgehead atoms. The summed E-state index contributed by atoms with van der Waals surface area (Å²) in [5, 5.41) is 3.77. The summed E-state index contributed by atoms with van der Waals surface area (Å²) in [7, 11) is 4.34. The van der Waals surface area contributed by atoms with Crippen LogP contribution in [0.3, 0.4) is 0 Å². The van der Waals surface area contributed by atoms with Gasteiger partial charge < -0.3 is 15.1 Å². The molecule has 1 N–H and O–H groups in total. The molecule has 2 aliphatic rings. The molecule has 0 aromatic carbocycles. The largest absolute Gasteiger partial charge is 0.311 e. The Kier molecular flexibility index (Phi) is 5.93. The first-order chi connectivity index (χ1) is 8.75. The topological polar surface area (TPSA) is 18.5 Å². The first-order valence-electron chi connectivity index (χ1n) is 7.86. The monoisotopic (exact) mass is 253 g/mol. The van der Waals surface area contributed by atoms with Crippen molar-refractivity contribution in [3.8, 4) is 0 Å². The molecule has 1 atom stereocenters. The van der Waals surface area contributed by atoms with E-state index in [2.05, 4.69) is 29.2 Å². The maximum absolute atomic E-state index is 3.77. The average molecular weight is 253 g/mol. The highest BCUT2D eigenvalue weighted by atomic mass is 15.2. The maximum Gasteiger partial charge on any atom is 0.0223 e. The van der Waals surface area contributed by atoms with Crippen molar-refractivity contribution in [2.24, 2.45) is 5.92 Å². The van der Waals surface area contributed by atoms with Gasteiger partial charge in [0.1, 0.15) is 0 Å². The molecule has 1 saturated carbocycles. The molecule has 0 aromatic rings. The number of piperazine rings is 1. The van der Waals surface area contributed by atoms with Gasteiger partial charge in [0.2, 0.25) is 0 Å². The van der Waals surface area contributed by atoms with Crippen LogP contribution in [0.15, 0.2) is 0 Å². The first kappa shape index (κ1) is 14.3. The van der Waals surface area contributed by atoms with Gasteiger partial charge in [-0.05, 0) is 52.4 Å². The average Bonchev–Trinajstić information content (AvgIpc) is 2.40. The van der Waals surface area contributed by atoms with Gasteiger partial charge in [-0.2, -0.15) is 0 Å². The summed E-state index contributed by atoms with van der Waals surface area (Å²) in [6.45, 7) is 6.24. The zero-order valence-electron chi connectivity index (χ0n) is 12.3. The lowest BCUT2D eigenvalue weighted by Crippen LogP contribution is -2.54. The van der Waals surface area contributed by atoms with Gasteiger partial charge in [0, 0.05) is 25.7 Å². The van der Waals surface area contributed by atoms with Crippen LogP contribution in [-0.2, 0) is 0 Å². The third-order valence-electron chi connectivity index (χ3n) is 4.59. The van der Waals surface area contributed by atoms with Gasteiger partial charge in [0.05, 0.1) is 0 Å². The number of hydrogen-bond donors (Lipinski definition) is 1. The van der Waals surface area contributed by atoms with Gasteiger partial charge in [-0.3, -0.25) is 0 Å². The van der Waals surface area contributed by atoms with Crippen LogP contribution in [-0.4, -0.2) is 62.7 Å². The summed E-state index contributed by atoms with van der Waals surface area (Å²) < 4.78 is 0. The molecule has 0 spiro atoms. The quantitative estimate of drug-likeness (QED) is 0.806. The Morgan fingerprint density at radius 2 is 1.94 bits per heavy atom. The van der Waals surface area contributed by atoms with E-state index in [9.17, 15) is 0 Å². The lowest BCUT2D eigenvalue weighted by Gasteiger charge is -2.39. The highest BCUT2D eigenvalue weighted by Crippen LogP contribution is 2.27. The van der Waals surface area contributed by atoms with Gasteiger partial charge in [-0.1, -0.05) is 19.3 Å². The Hall–Kier alpha value is -0.120. The fourth-order valence-electron chi connectivity index (χ4n) is 3.51. The Labute approximate surface area is 113 Å². The second-order valence-corrected chi connectivity index (χ2v) is 6.42. The molecule has 0 aromatic heterocycles. The van der Waals surface area contributed by atoms with Gasteiger partial charge >= 0.3 is 0 Å². The van der Waals surface area contributed by atoms with Crippen molar-refractivity contribution in [3.05, 3.63) is 0 Å². The van der Waals surface area contributed by atoms with Crippen LogP contribution in [0.25, 0.3) is 0 Å². The fourth-order valence-corrected chi connectivity index (χ4v) is 3.51.